The molecule has 0 aromatic carbocycles. The van der Waals surface area contributed by atoms with Gasteiger partial charge in [-0.05, 0) is 31.8 Å². The van der Waals surface area contributed by atoms with Crippen molar-refractivity contribution in [1.29, 1.82) is 0 Å². The topological polar surface area (TPSA) is 12.0 Å². The first-order chi connectivity index (χ1) is 3.93. The molecule has 0 bridgehead atoms. The molecule has 1 heterocycles. The monoisotopic (exact) mass is 110 g/mol. The van der Waals surface area contributed by atoms with Gasteiger partial charge in [0, 0.05) is 0 Å². The smallest absolute Gasteiger partial charge is 0.00433 e. The average molecular weight is 110 g/mol. The molecule has 8 heavy (non-hydrogen) atoms. The van der Waals surface area contributed by atoms with E-state index in [1.165, 1.54) is 12.8 Å². The van der Waals surface area contributed by atoms with E-state index in [4.69, 9.17) is 6.58 Å². The Hall–Kier alpha value is -0.300. The normalized spacial score (nSPS) is 23.0. The third kappa shape index (κ3) is 1.34. The molecule has 0 aliphatic carbocycles. The third-order valence-corrected chi connectivity index (χ3v) is 1.66. The van der Waals surface area contributed by atoms with Crippen LogP contribution in [0, 0.1) is 12.5 Å². The highest BCUT2D eigenvalue weighted by Crippen LogP contribution is 2.10. The van der Waals surface area contributed by atoms with Crippen LogP contribution in [0.5, 0.6) is 0 Å². The van der Waals surface area contributed by atoms with Gasteiger partial charge < -0.3 is 5.32 Å². The minimum Gasteiger partial charge on any atom is -0.317 e. The summed E-state index contributed by atoms with van der Waals surface area (Å²) < 4.78 is 0. The largest absolute Gasteiger partial charge is 0.317 e. The van der Waals surface area contributed by atoms with Crippen LogP contribution >= 0.6 is 0 Å². The predicted octanol–water partition coefficient (Wildman–Crippen LogP) is 0.975. The predicted molar refractivity (Wildman–Crippen MR) is 34.5 cm³/mol. The number of piperidine rings is 1. The Balaban J connectivity index is 2.22. The highest BCUT2D eigenvalue weighted by Gasteiger charge is 2.07. The van der Waals surface area contributed by atoms with Gasteiger partial charge >= 0.3 is 0 Å². The Morgan fingerprint density at radius 1 is 1.38 bits per heavy atom. The lowest BCUT2D eigenvalue weighted by molar-refractivity contribution is 0.437. The summed E-state index contributed by atoms with van der Waals surface area (Å²) in [4.78, 5) is 0. The van der Waals surface area contributed by atoms with E-state index in [1.54, 1.807) is 0 Å². The standard InChI is InChI=1S/C7H12N/c1-2-7-3-5-8-6-4-7/h1-2,7-8H,3-6H2. The Kier molecular flexibility index (Phi) is 2.10. The lowest BCUT2D eigenvalue weighted by Crippen LogP contribution is -2.26. The van der Waals surface area contributed by atoms with E-state index in [1.807, 2.05) is 6.08 Å². The van der Waals surface area contributed by atoms with Crippen molar-refractivity contribution in [2.75, 3.05) is 13.1 Å². The van der Waals surface area contributed by atoms with Crippen molar-refractivity contribution in [3.05, 3.63) is 12.7 Å². The Morgan fingerprint density at radius 2 is 2.00 bits per heavy atom. The second-order valence-electron chi connectivity index (χ2n) is 2.28. The molecule has 1 fully saturated rings. The first-order valence-corrected chi connectivity index (χ1v) is 3.19. The maximum atomic E-state index is 5.35. The molecule has 0 atom stereocenters. The first-order valence-electron chi connectivity index (χ1n) is 3.19. The molecule has 0 aromatic heterocycles. The summed E-state index contributed by atoms with van der Waals surface area (Å²) in [5, 5.41) is 3.27. The minimum absolute atomic E-state index is 0.677. The Morgan fingerprint density at radius 3 is 2.38 bits per heavy atom. The summed E-state index contributed by atoms with van der Waals surface area (Å²) in [6, 6.07) is 0. The molecule has 1 rings (SSSR count). The molecule has 1 aliphatic heterocycles. The van der Waals surface area contributed by atoms with Crippen molar-refractivity contribution < 1.29 is 0 Å². The second-order valence-corrected chi connectivity index (χ2v) is 2.28. The molecule has 0 aromatic rings. The highest BCUT2D eigenvalue weighted by molar-refractivity contribution is 4.80. The number of nitrogens with one attached hydrogen (secondary N) is 1. The van der Waals surface area contributed by atoms with E-state index in [-0.39, 0.29) is 0 Å². The van der Waals surface area contributed by atoms with Crippen molar-refractivity contribution in [1.82, 2.24) is 5.32 Å². The van der Waals surface area contributed by atoms with Crippen LogP contribution < -0.4 is 5.32 Å². The number of hydrogen-bond donors (Lipinski definition) is 1. The van der Waals surface area contributed by atoms with Crippen molar-refractivity contribution in [2.45, 2.75) is 12.8 Å². The third-order valence-electron chi connectivity index (χ3n) is 1.66. The van der Waals surface area contributed by atoms with Gasteiger partial charge in [-0.3, -0.25) is 0 Å². The van der Waals surface area contributed by atoms with Crippen LogP contribution in [0.4, 0.5) is 0 Å². The van der Waals surface area contributed by atoms with E-state index in [9.17, 15) is 0 Å². The summed E-state index contributed by atoms with van der Waals surface area (Å²) in [5.41, 5.74) is 0. The lowest BCUT2D eigenvalue weighted by Gasteiger charge is -2.18. The summed E-state index contributed by atoms with van der Waals surface area (Å²) in [5.74, 6) is 0.677. The van der Waals surface area contributed by atoms with Gasteiger partial charge in [0.25, 0.3) is 0 Å². The lowest BCUT2D eigenvalue weighted by atomic mass is 9.99. The van der Waals surface area contributed by atoms with Crippen molar-refractivity contribution in [2.24, 2.45) is 5.92 Å². The Labute approximate surface area is 50.8 Å². The van der Waals surface area contributed by atoms with Gasteiger partial charge in [0.05, 0.1) is 0 Å². The summed E-state index contributed by atoms with van der Waals surface area (Å²) in [6.07, 6.45) is 4.26. The van der Waals surface area contributed by atoms with Crippen LogP contribution in [0.3, 0.4) is 0 Å². The summed E-state index contributed by atoms with van der Waals surface area (Å²) in [7, 11) is 0. The maximum absolute atomic E-state index is 5.35. The van der Waals surface area contributed by atoms with E-state index < -0.39 is 0 Å². The summed E-state index contributed by atoms with van der Waals surface area (Å²) in [6.45, 7) is 7.62. The van der Waals surface area contributed by atoms with Crippen molar-refractivity contribution in [3.8, 4) is 0 Å². The van der Waals surface area contributed by atoms with Gasteiger partial charge in [-0.1, -0.05) is 12.7 Å². The van der Waals surface area contributed by atoms with E-state index >= 15 is 0 Å². The van der Waals surface area contributed by atoms with Crippen LogP contribution in [-0.4, -0.2) is 13.1 Å². The van der Waals surface area contributed by atoms with E-state index in [0.717, 1.165) is 13.1 Å². The van der Waals surface area contributed by atoms with Gasteiger partial charge in [-0.2, -0.15) is 0 Å². The summed E-state index contributed by atoms with van der Waals surface area (Å²) >= 11 is 0. The zero-order valence-electron chi connectivity index (χ0n) is 5.06. The van der Waals surface area contributed by atoms with Crippen molar-refractivity contribution in [3.63, 3.8) is 0 Å². The van der Waals surface area contributed by atoms with Gasteiger partial charge in [0.15, 0.2) is 0 Å². The molecule has 0 amide bonds. The van der Waals surface area contributed by atoms with Crippen LogP contribution in [0.1, 0.15) is 12.8 Å². The number of rotatable bonds is 1. The maximum Gasteiger partial charge on any atom is -0.00433 e. The fourth-order valence-electron chi connectivity index (χ4n) is 1.04. The molecule has 1 aliphatic rings. The van der Waals surface area contributed by atoms with Gasteiger partial charge in [-0.15, -0.1) is 0 Å². The molecule has 1 N–H and O–H groups in total. The van der Waals surface area contributed by atoms with Crippen LogP contribution in [0.25, 0.3) is 0 Å². The number of allylic oxidation sites excluding steroid dienone is 1. The Bertz CT molecular complexity index is 72.5. The molecular weight excluding hydrogens is 98.1 g/mol. The molecule has 0 saturated carbocycles. The van der Waals surface area contributed by atoms with E-state index in [0.29, 0.717) is 5.92 Å². The zero-order chi connectivity index (χ0) is 5.82. The fraction of sp³-hybridized carbons (Fsp3) is 0.714. The molecular formula is C7H12N. The van der Waals surface area contributed by atoms with E-state index in [2.05, 4.69) is 5.32 Å². The number of hydrogen-bond acceptors (Lipinski definition) is 1. The molecule has 0 unspecified atom stereocenters. The molecule has 1 radical (unpaired) electrons. The minimum atomic E-state index is 0.677. The SMILES string of the molecule is [CH]=CC1CCNCC1. The average Bonchev–Trinajstić information content (AvgIpc) is 1.90. The second kappa shape index (κ2) is 2.88. The van der Waals surface area contributed by atoms with Crippen molar-refractivity contribution >= 4 is 0 Å². The first kappa shape index (κ1) is 5.83. The molecule has 0 spiro atoms. The molecule has 45 valence electrons. The molecule has 1 heteroatoms. The zero-order valence-corrected chi connectivity index (χ0v) is 5.06. The van der Waals surface area contributed by atoms with Gasteiger partial charge in [0.2, 0.25) is 0 Å². The molecule has 1 nitrogen and oxygen atoms in total. The quantitative estimate of drug-likeness (QED) is 0.530. The molecule has 1 saturated heterocycles. The van der Waals surface area contributed by atoms with Gasteiger partial charge in [-0.25, -0.2) is 0 Å². The van der Waals surface area contributed by atoms with Gasteiger partial charge in [0.1, 0.15) is 0 Å². The van der Waals surface area contributed by atoms with Crippen LogP contribution in [0.2, 0.25) is 0 Å². The van der Waals surface area contributed by atoms with Crippen LogP contribution in [-0.2, 0) is 0 Å². The fourth-order valence-corrected chi connectivity index (χ4v) is 1.04. The van der Waals surface area contributed by atoms with Crippen LogP contribution in [0.15, 0.2) is 6.08 Å². The highest BCUT2D eigenvalue weighted by atomic mass is 14.9.